The summed E-state index contributed by atoms with van der Waals surface area (Å²) in [5.74, 6) is 0.277. The van der Waals surface area contributed by atoms with Crippen molar-refractivity contribution in [3.05, 3.63) is 58.0 Å². The van der Waals surface area contributed by atoms with Crippen molar-refractivity contribution < 1.29 is 4.79 Å². The SMILES string of the molecule is Cc1ccc(=O)n(CC(=O)N2c3ccccc3[C@@H](C)CC2(C)C)n1. The molecule has 0 saturated carbocycles. The molecule has 0 fully saturated rings. The maximum absolute atomic E-state index is 13.0. The van der Waals surface area contributed by atoms with Crippen molar-refractivity contribution in [3.63, 3.8) is 0 Å². The number of aromatic nitrogens is 2. The molecule has 1 aromatic carbocycles. The van der Waals surface area contributed by atoms with Gasteiger partial charge in [0.2, 0.25) is 5.91 Å². The fourth-order valence-electron chi connectivity index (χ4n) is 3.72. The number of carbonyl (C=O) groups is 1. The van der Waals surface area contributed by atoms with Crippen molar-refractivity contribution in [3.8, 4) is 0 Å². The minimum atomic E-state index is -0.307. The molecule has 0 unspecified atom stereocenters. The van der Waals surface area contributed by atoms with Crippen LogP contribution >= 0.6 is 0 Å². The number of anilines is 1. The molecule has 126 valence electrons. The number of aryl methyl sites for hydroxylation is 1. The first-order chi connectivity index (χ1) is 11.3. The average molecular weight is 325 g/mol. The van der Waals surface area contributed by atoms with E-state index in [9.17, 15) is 9.59 Å². The third kappa shape index (κ3) is 2.86. The minimum absolute atomic E-state index is 0.0489. The number of rotatable bonds is 2. The van der Waals surface area contributed by atoms with Crippen LogP contribution in [0.15, 0.2) is 41.2 Å². The molecule has 3 rings (SSSR count). The molecule has 1 aromatic heterocycles. The second-order valence-electron chi connectivity index (χ2n) is 7.18. The summed E-state index contributed by atoms with van der Waals surface area (Å²) in [5, 5.41) is 4.18. The molecule has 2 heterocycles. The number of para-hydroxylation sites is 1. The Morgan fingerprint density at radius 3 is 2.71 bits per heavy atom. The zero-order valence-corrected chi connectivity index (χ0v) is 14.6. The molecule has 2 aromatic rings. The fourth-order valence-corrected chi connectivity index (χ4v) is 3.72. The van der Waals surface area contributed by atoms with Crippen LogP contribution in [-0.2, 0) is 11.3 Å². The summed E-state index contributed by atoms with van der Waals surface area (Å²) in [4.78, 5) is 26.9. The molecule has 1 aliphatic heterocycles. The Morgan fingerprint density at radius 2 is 1.96 bits per heavy atom. The molecule has 24 heavy (non-hydrogen) atoms. The van der Waals surface area contributed by atoms with Crippen LogP contribution in [0.5, 0.6) is 0 Å². The van der Waals surface area contributed by atoms with Gasteiger partial charge in [0.05, 0.1) is 5.69 Å². The van der Waals surface area contributed by atoms with E-state index in [0.717, 1.165) is 12.1 Å². The van der Waals surface area contributed by atoms with Crippen LogP contribution in [0.25, 0.3) is 0 Å². The van der Waals surface area contributed by atoms with Crippen molar-refractivity contribution in [1.82, 2.24) is 9.78 Å². The fraction of sp³-hybridized carbons (Fsp3) is 0.421. The zero-order chi connectivity index (χ0) is 17.5. The molecule has 0 saturated heterocycles. The van der Waals surface area contributed by atoms with E-state index in [1.807, 2.05) is 30.0 Å². The highest BCUT2D eigenvalue weighted by atomic mass is 16.2. The van der Waals surface area contributed by atoms with Crippen LogP contribution in [0.4, 0.5) is 5.69 Å². The monoisotopic (exact) mass is 325 g/mol. The Balaban J connectivity index is 2.00. The predicted octanol–water partition coefficient (Wildman–Crippen LogP) is 2.87. The third-order valence-electron chi connectivity index (χ3n) is 4.65. The number of nitrogens with zero attached hydrogens (tertiary/aromatic N) is 3. The van der Waals surface area contributed by atoms with Gasteiger partial charge in [-0.05, 0) is 50.8 Å². The highest BCUT2D eigenvalue weighted by Gasteiger charge is 2.39. The Labute approximate surface area is 141 Å². The van der Waals surface area contributed by atoms with E-state index >= 15 is 0 Å². The first-order valence-electron chi connectivity index (χ1n) is 8.26. The van der Waals surface area contributed by atoms with E-state index in [1.165, 1.54) is 16.3 Å². The van der Waals surface area contributed by atoms with Gasteiger partial charge in [-0.3, -0.25) is 9.59 Å². The Kier molecular flexibility index (Phi) is 4.03. The second kappa shape index (κ2) is 5.89. The first-order valence-corrected chi connectivity index (χ1v) is 8.26. The number of amides is 1. The molecular formula is C19H23N3O2. The van der Waals surface area contributed by atoms with Crippen LogP contribution in [0.1, 0.15) is 44.4 Å². The van der Waals surface area contributed by atoms with Gasteiger partial charge in [-0.25, -0.2) is 4.68 Å². The maximum Gasteiger partial charge on any atom is 0.267 e. The number of benzene rings is 1. The van der Waals surface area contributed by atoms with Gasteiger partial charge in [0.25, 0.3) is 5.56 Å². The summed E-state index contributed by atoms with van der Waals surface area (Å²) in [6, 6.07) is 11.1. The largest absolute Gasteiger partial charge is 0.305 e. The molecule has 1 amide bonds. The van der Waals surface area contributed by atoms with Crippen LogP contribution in [0.2, 0.25) is 0 Å². The van der Waals surface area contributed by atoms with E-state index in [4.69, 9.17) is 0 Å². The molecule has 0 spiro atoms. The summed E-state index contributed by atoms with van der Waals surface area (Å²) in [7, 11) is 0. The lowest BCUT2D eigenvalue weighted by atomic mass is 9.80. The van der Waals surface area contributed by atoms with Crippen molar-refractivity contribution >= 4 is 11.6 Å². The third-order valence-corrected chi connectivity index (χ3v) is 4.65. The summed E-state index contributed by atoms with van der Waals surface area (Å²) < 4.78 is 1.24. The van der Waals surface area contributed by atoms with Gasteiger partial charge in [0.15, 0.2) is 0 Å². The molecule has 0 bridgehead atoms. The van der Waals surface area contributed by atoms with Gasteiger partial charge in [0, 0.05) is 17.3 Å². The second-order valence-corrected chi connectivity index (χ2v) is 7.18. The average Bonchev–Trinajstić information content (AvgIpc) is 2.50. The van der Waals surface area contributed by atoms with Gasteiger partial charge in [-0.2, -0.15) is 5.10 Å². The maximum atomic E-state index is 13.0. The van der Waals surface area contributed by atoms with E-state index < -0.39 is 0 Å². The summed E-state index contributed by atoms with van der Waals surface area (Å²) in [6.07, 6.45) is 0.881. The molecule has 0 radical (unpaired) electrons. The van der Waals surface area contributed by atoms with Gasteiger partial charge < -0.3 is 4.90 Å². The van der Waals surface area contributed by atoms with Gasteiger partial charge in [-0.1, -0.05) is 25.1 Å². The molecule has 0 N–H and O–H groups in total. The quantitative estimate of drug-likeness (QED) is 0.853. The number of hydrogen-bond acceptors (Lipinski definition) is 3. The molecule has 1 atom stereocenters. The van der Waals surface area contributed by atoms with Crippen molar-refractivity contribution in [2.75, 3.05) is 4.90 Å². The van der Waals surface area contributed by atoms with E-state index in [1.54, 1.807) is 6.07 Å². The van der Waals surface area contributed by atoms with E-state index in [0.29, 0.717) is 11.6 Å². The van der Waals surface area contributed by atoms with Crippen molar-refractivity contribution in [2.24, 2.45) is 0 Å². The van der Waals surface area contributed by atoms with Crippen molar-refractivity contribution in [1.29, 1.82) is 0 Å². The lowest BCUT2D eigenvalue weighted by Crippen LogP contribution is -2.53. The van der Waals surface area contributed by atoms with Gasteiger partial charge in [-0.15, -0.1) is 0 Å². The molecule has 5 heteroatoms. The van der Waals surface area contributed by atoms with E-state index in [2.05, 4.69) is 31.9 Å². The number of carbonyl (C=O) groups excluding carboxylic acids is 1. The lowest BCUT2D eigenvalue weighted by molar-refractivity contribution is -0.120. The minimum Gasteiger partial charge on any atom is -0.305 e. The zero-order valence-electron chi connectivity index (χ0n) is 14.6. The lowest BCUT2D eigenvalue weighted by Gasteiger charge is -2.46. The number of fused-ring (bicyclic) bond motifs is 1. The van der Waals surface area contributed by atoms with Gasteiger partial charge in [0.1, 0.15) is 6.54 Å². The topological polar surface area (TPSA) is 55.2 Å². The highest BCUT2D eigenvalue weighted by Crippen LogP contribution is 2.43. The first kappa shape index (κ1) is 16.4. The summed E-state index contributed by atoms with van der Waals surface area (Å²) in [5.41, 5.74) is 2.26. The Morgan fingerprint density at radius 1 is 1.25 bits per heavy atom. The Hall–Kier alpha value is -2.43. The summed E-state index contributed by atoms with van der Waals surface area (Å²) >= 11 is 0. The van der Waals surface area contributed by atoms with Crippen LogP contribution < -0.4 is 10.5 Å². The normalized spacial score (nSPS) is 19.0. The smallest absolute Gasteiger partial charge is 0.267 e. The van der Waals surface area contributed by atoms with Crippen LogP contribution in [-0.4, -0.2) is 21.2 Å². The number of hydrogen-bond donors (Lipinski definition) is 0. The van der Waals surface area contributed by atoms with E-state index in [-0.39, 0.29) is 23.6 Å². The molecular weight excluding hydrogens is 302 g/mol. The highest BCUT2D eigenvalue weighted by molar-refractivity contribution is 5.96. The summed E-state index contributed by atoms with van der Waals surface area (Å²) in [6.45, 7) is 8.09. The Bertz CT molecular complexity index is 839. The van der Waals surface area contributed by atoms with Crippen LogP contribution in [0.3, 0.4) is 0 Å². The molecule has 0 aliphatic carbocycles. The van der Waals surface area contributed by atoms with Gasteiger partial charge >= 0.3 is 0 Å². The van der Waals surface area contributed by atoms with Crippen LogP contribution in [0, 0.1) is 6.92 Å². The van der Waals surface area contributed by atoms with Crippen molar-refractivity contribution in [2.45, 2.75) is 52.1 Å². The molecule has 1 aliphatic rings. The predicted molar refractivity (Wildman–Crippen MR) is 94.3 cm³/mol. The standard InChI is InChI=1S/C19H23N3O2/c1-13-11-19(3,4)22(16-8-6-5-7-15(13)16)18(24)12-21-17(23)10-9-14(2)20-21/h5-10,13H,11-12H2,1-4H3/t13-/m0/s1. The molecule has 5 nitrogen and oxygen atoms in total.